The molecule has 3 aromatic rings. The van der Waals surface area contributed by atoms with E-state index in [1.807, 2.05) is 0 Å². The fourth-order valence-electron chi connectivity index (χ4n) is 2.62. The third kappa shape index (κ3) is 3.92. The van der Waals surface area contributed by atoms with Crippen LogP contribution in [0.3, 0.4) is 0 Å². The summed E-state index contributed by atoms with van der Waals surface area (Å²) < 4.78 is 28.2. The Hall–Kier alpha value is -2.34. The molecule has 0 fully saturated rings. The van der Waals surface area contributed by atoms with Crippen molar-refractivity contribution < 1.29 is 18.1 Å². The molecule has 0 spiro atoms. The number of thiazole rings is 1. The molecule has 148 valence electrons. The molecule has 0 aromatic carbocycles. The first-order chi connectivity index (χ1) is 13.2. The maximum Gasteiger partial charge on any atom is 0.266 e. The smallest absolute Gasteiger partial charge is 0.266 e. The monoisotopic (exact) mass is 441 g/mol. The van der Waals surface area contributed by atoms with Crippen molar-refractivity contribution in [3.63, 3.8) is 0 Å². The lowest BCUT2D eigenvalue weighted by atomic mass is 10.2. The SMILES string of the molecule is CC(=O)Nc1nc(C)c(-c2cnc(Cl)c(N(c3c(C)noc3C)S(=O)O)c2)s1. The van der Waals surface area contributed by atoms with Crippen LogP contribution in [0.15, 0.2) is 16.8 Å². The first-order valence-corrected chi connectivity index (χ1v) is 10.2. The van der Waals surface area contributed by atoms with Gasteiger partial charge < -0.3 is 9.84 Å². The first-order valence-electron chi connectivity index (χ1n) is 7.94. The predicted octanol–water partition coefficient (Wildman–Crippen LogP) is 4.00. The number of pyridine rings is 1. The van der Waals surface area contributed by atoms with Gasteiger partial charge in [-0.2, -0.15) is 0 Å². The van der Waals surface area contributed by atoms with Gasteiger partial charge >= 0.3 is 0 Å². The average molecular weight is 442 g/mol. The van der Waals surface area contributed by atoms with Crippen LogP contribution < -0.4 is 9.62 Å². The molecule has 1 unspecified atom stereocenters. The minimum atomic E-state index is -2.45. The van der Waals surface area contributed by atoms with Gasteiger partial charge in [0.25, 0.3) is 11.3 Å². The minimum absolute atomic E-state index is 0.0374. The Balaban J connectivity index is 2.12. The Morgan fingerprint density at radius 1 is 1.36 bits per heavy atom. The van der Waals surface area contributed by atoms with Crippen molar-refractivity contribution in [2.75, 3.05) is 9.62 Å². The lowest BCUT2D eigenvalue weighted by Gasteiger charge is -2.20. The summed E-state index contributed by atoms with van der Waals surface area (Å²) in [7, 11) is 0. The third-order valence-electron chi connectivity index (χ3n) is 3.74. The van der Waals surface area contributed by atoms with Crippen LogP contribution in [-0.4, -0.2) is 29.8 Å². The molecule has 9 nitrogen and oxygen atoms in total. The van der Waals surface area contributed by atoms with Gasteiger partial charge in [-0.05, 0) is 26.8 Å². The van der Waals surface area contributed by atoms with E-state index < -0.39 is 11.3 Å². The standard InChI is InChI=1S/C16H16ClN5O4S2/c1-7-13(9(3)26-21-7)22(28(24)25)12-5-11(6-18-15(12)17)14-8(2)19-16(27-14)20-10(4)23/h5-6H,1-4H3,(H,24,25)(H,19,20,23). The van der Waals surface area contributed by atoms with Crippen LogP contribution in [-0.2, 0) is 16.1 Å². The summed E-state index contributed by atoms with van der Waals surface area (Å²) in [5.41, 5.74) is 2.29. The second kappa shape index (κ2) is 7.95. The number of rotatable bonds is 5. The quantitative estimate of drug-likeness (QED) is 0.453. The first kappa shape index (κ1) is 20.4. The molecule has 0 bridgehead atoms. The average Bonchev–Trinajstić information content (AvgIpc) is 3.12. The maximum absolute atomic E-state index is 12.1. The number of amides is 1. The summed E-state index contributed by atoms with van der Waals surface area (Å²) in [6, 6.07) is 1.63. The summed E-state index contributed by atoms with van der Waals surface area (Å²) in [5.74, 6) is 0.138. The highest BCUT2D eigenvalue weighted by molar-refractivity contribution is 7.81. The van der Waals surface area contributed by atoms with Gasteiger partial charge in [-0.15, -0.1) is 0 Å². The molecule has 0 aliphatic rings. The summed E-state index contributed by atoms with van der Waals surface area (Å²) in [5, 5.41) is 6.96. The van der Waals surface area contributed by atoms with E-state index in [0.29, 0.717) is 33.5 Å². The number of halogens is 1. The lowest BCUT2D eigenvalue weighted by Crippen LogP contribution is -2.21. The topological polar surface area (TPSA) is 121 Å². The number of aromatic nitrogens is 3. The molecular formula is C16H16ClN5O4S2. The van der Waals surface area contributed by atoms with E-state index in [-0.39, 0.29) is 16.7 Å². The summed E-state index contributed by atoms with van der Waals surface area (Å²) >= 11 is 5.06. The number of carbonyl (C=O) groups is 1. The Bertz CT molecular complexity index is 1060. The molecule has 12 heteroatoms. The molecule has 1 atom stereocenters. The lowest BCUT2D eigenvalue weighted by molar-refractivity contribution is -0.114. The van der Waals surface area contributed by atoms with Crippen molar-refractivity contribution in [1.82, 2.24) is 15.1 Å². The van der Waals surface area contributed by atoms with Crippen LogP contribution in [0.1, 0.15) is 24.1 Å². The normalized spacial score (nSPS) is 12.1. The number of hydrogen-bond acceptors (Lipinski definition) is 7. The zero-order valence-electron chi connectivity index (χ0n) is 15.3. The van der Waals surface area contributed by atoms with Crippen LogP contribution in [0.2, 0.25) is 5.15 Å². The molecule has 0 radical (unpaired) electrons. The van der Waals surface area contributed by atoms with E-state index in [2.05, 4.69) is 20.4 Å². The molecule has 0 aliphatic heterocycles. The van der Waals surface area contributed by atoms with Gasteiger partial charge in [0.15, 0.2) is 16.0 Å². The van der Waals surface area contributed by atoms with Crippen LogP contribution >= 0.6 is 22.9 Å². The Morgan fingerprint density at radius 2 is 2.07 bits per heavy atom. The van der Waals surface area contributed by atoms with E-state index >= 15 is 0 Å². The largest absolute Gasteiger partial charge is 0.359 e. The molecule has 3 rings (SSSR count). The van der Waals surface area contributed by atoms with Crippen molar-refractivity contribution in [1.29, 1.82) is 0 Å². The van der Waals surface area contributed by atoms with Gasteiger partial charge in [0.1, 0.15) is 11.4 Å². The number of anilines is 3. The highest BCUT2D eigenvalue weighted by atomic mass is 35.5. The summed E-state index contributed by atoms with van der Waals surface area (Å²) in [6.45, 7) is 6.48. The number of nitrogens with one attached hydrogen (secondary N) is 1. The Kier molecular flexibility index (Phi) is 5.79. The van der Waals surface area contributed by atoms with Crippen molar-refractivity contribution >= 4 is 56.6 Å². The third-order valence-corrected chi connectivity index (χ3v) is 5.84. The van der Waals surface area contributed by atoms with Crippen LogP contribution in [0.5, 0.6) is 0 Å². The Morgan fingerprint density at radius 3 is 2.64 bits per heavy atom. The second-order valence-corrected chi connectivity index (χ2v) is 8.03. The van der Waals surface area contributed by atoms with E-state index in [1.165, 1.54) is 24.5 Å². The van der Waals surface area contributed by atoms with E-state index in [1.54, 1.807) is 26.8 Å². The van der Waals surface area contributed by atoms with Gasteiger partial charge in [-0.3, -0.25) is 9.35 Å². The molecule has 2 N–H and O–H groups in total. The van der Waals surface area contributed by atoms with Crippen molar-refractivity contribution in [2.45, 2.75) is 27.7 Å². The summed E-state index contributed by atoms with van der Waals surface area (Å²) in [4.78, 5) is 20.5. The van der Waals surface area contributed by atoms with E-state index in [9.17, 15) is 13.6 Å². The number of hydrogen-bond donors (Lipinski definition) is 2. The molecule has 0 saturated carbocycles. The number of nitrogens with zero attached hydrogens (tertiary/aromatic N) is 4. The van der Waals surface area contributed by atoms with Gasteiger partial charge in [0, 0.05) is 18.7 Å². The van der Waals surface area contributed by atoms with E-state index in [0.717, 1.165) is 9.18 Å². The zero-order valence-corrected chi connectivity index (χ0v) is 17.7. The number of carbonyl (C=O) groups excluding carboxylic acids is 1. The van der Waals surface area contributed by atoms with Crippen molar-refractivity contribution in [3.05, 3.63) is 34.6 Å². The fraction of sp³-hybridized carbons (Fsp3) is 0.250. The highest BCUT2D eigenvalue weighted by Gasteiger charge is 2.26. The molecule has 3 heterocycles. The highest BCUT2D eigenvalue weighted by Crippen LogP contribution is 2.40. The van der Waals surface area contributed by atoms with Crippen LogP contribution in [0.4, 0.5) is 16.5 Å². The van der Waals surface area contributed by atoms with Gasteiger partial charge in [0.05, 0.1) is 16.3 Å². The van der Waals surface area contributed by atoms with Crippen molar-refractivity contribution in [3.8, 4) is 10.4 Å². The number of aryl methyl sites for hydroxylation is 3. The second-order valence-electron chi connectivity index (χ2n) is 5.85. The summed E-state index contributed by atoms with van der Waals surface area (Å²) in [6.07, 6.45) is 1.54. The molecule has 3 aromatic heterocycles. The van der Waals surface area contributed by atoms with Crippen LogP contribution in [0, 0.1) is 20.8 Å². The zero-order chi connectivity index (χ0) is 20.6. The van der Waals surface area contributed by atoms with E-state index in [4.69, 9.17) is 16.1 Å². The van der Waals surface area contributed by atoms with Crippen LogP contribution in [0.25, 0.3) is 10.4 Å². The van der Waals surface area contributed by atoms with Gasteiger partial charge in [0.2, 0.25) is 5.91 Å². The van der Waals surface area contributed by atoms with Gasteiger partial charge in [-0.1, -0.05) is 28.1 Å². The predicted molar refractivity (Wildman–Crippen MR) is 108 cm³/mol. The Labute approximate surface area is 172 Å². The maximum atomic E-state index is 12.1. The molecular weight excluding hydrogens is 426 g/mol. The molecule has 0 saturated heterocycles. The fourth-order valence-corrected chi connectivity index (χ4v) is 4.58. The molecule has 1 amide bonds. The minimum Gasteiger partial charge on any atom is -0.359 e. The van der Waals surface area contributed by atoms with Crippen molar-refractivity contribution in [2.24, 2.45) is 0 Å². The van der Waals surface area contributed by atoms with Gasteiger partial charge in [-0.25, -0.2) is 18.5 Å². The molecule has 0 aliphatic carbocycles. The molecule has 28 heavy (non-hydrogen) atoms.